The van der Waals surface area contributed by atoms with E-state index in [2.05, 4.69) is 4.74 Å². The number of para-hydroxylation sites is 1. The maximum Gasteiger partial charge on any atom is 0.573 e. The second-order valence-corrected chi connectivity index (χ2v) is 6.78. The normalized spacial score (nSPS) is 15.4. The molecule has 0 bridgehead atoms. The minimum atomic E-state index is -4.89. The van der Waals surface area contributed by atoms with Crippen LogP contribution in [0.15, 0.2) is 42.5 Å². The van der Waals surface area contributed by atoms with Crippen molar-refractivity contribution in [1.29, 1.82) is 0 Å². The molecule has 0 radical (unpaired) electrons. The number of amides is 2. The number of nitrogens with zero attached hydrogens (tertiary/aromatic N) is 1. The van der Waals surface area contributed by atoms with Gasteiger partial charge in [0.25, 0.3) is 11.8 Å². The quantitative estimate of drug-likeness (QED) is 0.596. The van der Waals surface area contributed by atoms with Gasteiger partial charge >= 0.3 is 6.36 Å². The molecule has 0 unspecified atom stereocenters. The van der Waals surface area contributed by atoms with Crippen LogP contribution in [-0.2, 0) is 11.3 Å². The highest BCUT2D eigenvalue weighted by Gasteiger charge is 2.41. The van der Waals surface area contributed by atoms with Crippen LogP contribution in [0.5, 0.6) is 11.5 Å². The Morgan fingerprint density at radius 1 is 1.24 bits per heavy atom. The number of hydrogen-bond donors (Lipinski definition) is 2. The molecule has 1 aliphatic rings. The molecule has 29 heavy (non-hydrogen) atoms. The molecule has 0 fully saturated rings. The summed E-state index contributed by atoms with van der Waals surface area (Å²) >= 11 is 0. The number of ether oxygens (including phenoxy) is 2. The number of benzene rings is 2. The average Bonchev–Trinajstić information content (AvgIpc) is 2.64. The van der Waals surface area contributed by atoms with Gasteiger partial charge in [-0.05, 0) is 38.1 Å². The van der Waals surface area contributed by atoms with Crippen molar-refractivity contribution in [2.75, 3.05) is 4.90 Å². The summed E-state index contributed by atoms with van der Waals surface area (Å²) in [7, 11) is 0. The maximum atomic E-state index is 12.9. The molecule has 2 amide bonds. The first kappa shape index (κ1) is 20.5. The van der Waals surface area contributed by atoms with E-state index in [0.717, 1.165) is 6.07 Å². The highest BCUT2D eigenvalue weighted by atomic mass is 19.4. The van der Waals surface area contributed by atoms with E-state index in [1.165, 1.54) is 60.6 Å². The van der Waals surface area contributed by atoms with E-state index in [-0.39, 0.29) is 29.1 Å². The van der Waals surface area contributed by atoms with Crippen molar-refractivity contribution in [2.24, 2.45) is 0 Å². The molecule has 0 aromatic heterocycles. The van der Waals surface area contributed by atoms with Crippen molar-refractivity contribution in [3.8, 4) is 11.5 Å². The van der Waals surface area contributed by atoms with Gasteiger partial charge in [0.15, 0.2) is 5.60 Å². The van der Waals surface area contributed by atoms with Crippen LogP contribution in [-0.4, -0.2) is 29.0 Å². The minimum absolute atomic E-state index is 0.0344. The van der Waals surface area contributed by atoms with Gasteiger partial charge in [0.1, 0.15) is 11.5 Å². The van der Waals surface area contributed by atoms with Gasteiger partial charge in [0, 0.05) is 11.1 Å². The highest BCUT2D eigenvalue weighted by Crippen LogP contribution is 2.40. The minimum Gasteiger partial charge on any atom is -0.476 e. The van der Waals surface area contributed by atoms with E-state index >= 15 is 0 Å². The van der Waals surface area contributed by atoms with E-state index in [1.807, 2.05) is 0 Å². The van der Waals surface area contributed by atoms with Crippen LogP contribution in [0.25, 0.3) is 0 Å². The number of nitrogens with one attached hydrogen (secondary N) is 1. The lowest BCUT2D eigenvalue weighted by Gasteiger charge is -2.39. The van der Waals surface area contributed by atoms with Crippen molar-refractivity contribution < 1.29 is 37.4 Å². The maximum absolute atomic E-state index is 12.9. The molecule has 0 spiro atoms. The van der Waals surface area contributed by atoms with Crippen molar-refractivity contribution in [1.82, 2.24) is 5.48 Å². The Hall–Kier alpha value is -3.27. The van der Waals surface area contributed by atoms with E-state index in [1.54, 1.807) is 0 Å². The van der Waals surface area contributed by atoms with Crippen LogP contribution in [0, 0.1) is 0 Å². The third kappa shape index (κ3) is 4.27. The number of hydroxylamine groups is 1. The average molecular weight is 410 g/mol. The van der Waals surface area contributed by atoms with Crippen LogP contribution < -0.4 is 19.9 Å². The number of carbonyl (C=O) groups is 2. The molecule has 1 aliphatic heterocycles. The molecule has 0 saturated heterocycles. The van der Waals surface area contributed by atoms with Gasteiger partial charge < -0.3 is 14.4 Å². The molecule has 0 aliphatic carbocycles. The number of rotatable bonds is 4. The van der Waals surface area contributed by atoms with Gasteiger partial charge in [-0.2, -0.15) is 0 Å². The third-order valence-corrected chi connectivity index (χ3v) is 4.27. The Morgan fingerprint density at radius 2 is 1.93 bits per heavy atom. The summed E-state index contributed by atoms with van der Waals surface area (Å²) in [5.41, 5.74) is 0.525. The molecule has 2 aromatic rings. The number of anilines is 1. The van der Waals surface area contributed by atoms with E-state index < -0.39 is 29.5 Å². The summed E-state index contributed by atoms with van der Waals surface area (Å²) in [5, 5.41) is 8.84. The zero-order valence-corrected chi connectivity index (χ0v) is 15.4. The van der Waals surface area contributed by atoms with Gasteiger partial charge in [-0.25, -0.2) is 5.48 Å². The van der Waals surface area contributed by atoms with Gasteiger partial charge in [0.2, 0.25) is 0 Å². The zero-order chi connectivity index (χ0) is 21.4. The molecule has 2 aromatic carbocycles. The van der Waals surface area contributed by atoms with Gasteiger partial charge in [-0.15, -0.1) is 13.2 Å². The SMILES string of the molecule is CC1(C)Oc2ccc(C(=O)NO)cc2N(Cc2ccccc2OC(F)(F)F)C1=O. The van der Waals surface area contributed by atoms with Crippen LogP contribution in [0.2, 0.25) is 0 Å². The van der Waals surface area contributed by atoms with Crippen molar-refractivity contribution in [3.05, 3.63) is 53.6 Å². The second kappa shape index (κ2) is 7.28. The van der Waals surface area contributed by atoms with Crippen LogP contribution in [0.3, 0.4) is 0 Å². The Morgan fingerprint density at radius 3 is 2.59 bits per heavy atom. The first-order valence-corrected chi connectivity index (χ1v) is 8.45. The largest absolute Gasteiger partial charge is 0.573 e. The molecule has 2 N–H and O–H groups in total. The molecule has 154 valence electrons. The number of hydrogen-bond acceptors (Lipinski definition) is 5. The molecule has 7 nitrogen and oxygen atoms in total. The van der Waals surface area contributed by atoms with Gasteiger partial charge in [0.05, 0.1) is 12.2 Å². The number of carbonyl (C=O) groups excluding carboxylic acids is 2. The Labute approximate surface area is 163 Å². The molecule has 0 atom stereocenters. The Balaban J connectivity index is 2.05. The lowest BCUT2D eigenvalue weighted by Crippen LogP contribution is -2.52. The fraction of sp³-hybridized carbons (Fsp3) is 0.263. The van der Waals surface area contributed by atoms with Crippen LogP contribution in [0.1, 0.15) is 29.8 Å². The van der Waals surface area contributed by atoms with Crippen LogP contribution >= 0.6 is 0 Å². The number of fused-ring (bicyclic) bond motifs is 1. The predicted molar refractivity (Wildman–Crippen MR) is 94.7 cm³/mol. The molecule has 3 rings (SSSR count). The van der Waals surface area contributed by atoms with E-state index in [9.17, 15) is 22.8 Å². The highest BCUT2D eigenvalue weighted by molar-refractivity contribution is 6.04. The number of alkyl halides is 3. The summed E-state index contributed by atoms with van der Waals surface area (Å²) in [5.74, 6) is -1.51. The summed E-state index contributed by atoms with van der Waals surface area (Å²) < 4.78 is 47.9. The first-order valence-electron chi connectivity index (χ1n) is 8.45. The smallest absolute Gasteiger partial charge is 0.476 e. The van der Waals surface area contributed by atoms with Gasteiger partial charge in [-0.1, -0.05) is 18.2 Å². The fourth-order valence-electron chi connectivity index (χ4n) is 2.96. The zero-order valence-electron chi connectivity index (χ0n) is 15.4. The Kier molecular flexibility index (Phi) is 5.14. The van der Waals surface area contributed by atoms with E-state index in [4.69, 9.17) is 9.94 Å². The topological polar surface area (TPSA) is 88.1 Å². The summed E-state index contributed by atoms with van der Waals surface area (Å²) in [4.78, 5) is 25.9. The Bertz CT molecular complexity index is 959. The van der Waals surface area contributed by atoms with Gasteiger partial charge in [-0.3, -0.25) is 14.8 Å². The predicted octanol–water partition coefficient (Wildman–Crippen LogP) is 3.41. The van der Waals surface area contributed by atoms with Crippen molar-refractivity contribution >= 4 is 17.5 Å². The van der Waals surface area contributed by atoms with Crippen LogP contribution in [0.4, 0.5) is 18.9 Å². The standard InChI is InChI=1S/C19H17F3N2O5/c1-18(2)17(26)24(10-12-5-3-4-6-14(12)29-19(20,21)22)13-9-11(16(25)23-27)7-8-15(13)28-18/h3-9,27H,10H2,1-2H3,(H,23,25). The monoisotopic (exact) mass is 410 g/mol. The molecular weight excluding hydrogens is 393 g/mol. The summed E-state index contributed by atoms with van der Waals surface area (Å²) in [6, 6.07) is 9.59. The molecular formula is C19H17F3N2O5. The lowest BCUT2D eigenvalue weighted by molar-refractivity contribution is -0.274. The summed E-state index contributed by atoms with van der Waals surface area (Å²) in [6.07, 6.45) is -4.89. The van der Waals surface area contributed by atoms with Crippen molar-refractivity contribution in [3.63, 3.8) is 0 Å². The number of halogens is 3. The fourth-order valence-corrected chi connectivity index (χ4v) is 2.96. The second-order valence-electron chi connectivity index (χ2n) is 6.78. The van der Waals surface area contributed by atoms with E-state index in [0.29, 0.717) is 0 Å². The summed E-state index contributed by atoms with van der Waals surface area (Å²) in [6.45, 7) is 2.80. The molecule has 0 saturated carbocycles. The first-order chi connectivity index (χ1) is 13.5. The molecule has 1 heterocycles. The molecule has 10 heteroatoms. The third-order valence-electron chi connectivity index (χ3n) is 4.27. The lowest BCUT2D eigenvalue weighted by atomic mass is 10.0. The van der Waals surface area contributed by atoms with Crippen molar-refractivity contribution in [2.45, 2.75) is 32.4 Å².